The van der Waals surface area contributed by atoms with Gasteiger partial charge in [-0.25, -0.2) is 0 Å². The topological polar surface area (TPSA) is 43.4 Å². The fourth-order valence-corrected chi connectivity index (χ4v) is 6.54. The summed E-state index contributed by atoms with van der Waals surface area (Å²) in [6.45, 7) is 16.6. The van der Waals surface area contributed by atoms with Crippen molar-refractivity contribution in [2.75, 3.05) is 45.2 Å². The van der Waals surface area contributed by atoms with E-state index in [0.717, 1.165) is 44.9 Å². The number of unbranched alkanes of at least 4 members (excludes halogenated alkanes) is 21. The molecule has 0 aliphatic carbocycles. The third kappa shape index (κ3) is 31.0. The second-order valence-electron chi connectivity index (χ2n) is 12.2. The zero-order valence-electron chi connectivity index (χ0n) is 28.7. The van der Waals surface area contributed by atoms with Crippen LogP contribution in [0.2, 0.25) is 0 Å². The lowest BCUT2D eigenvalue weighted by Crippen LogP contribution is -2.47. The summed E-state index contributed by atoms with van der Waals surface area (Å²) in [7, 11) is -3.35. The van der Waals surface area contributed by atoms with E-state index in [1.54, 1.807) is 0 Å². The van der Waals surface area contributed by atoms with Crippen LogP contribution >= 0.6 is 0 Å². The second-order valence-corrected chi connectivity index (χ2v) is 13.9. The fourth-order valence-electron chi connectivity index (χ4n) is 5.49. The van der Waals surface area contributed by atoms with Crippen molar-refractivity contribution in [3.05, 3.63) is 0 Å². The van der Waals surface area contributed by atoms with E-state index in [1.165, 1.54) is 121 Å². The van der Waals surface area contributed by atoms with Crippen molar-refractivity contribution in [3.63, 3.8) is 0 Å². The predicted molar refractivity (Wildman–Crippen MR) is 180 cm³/mol. The first-order valence-corrected chi connectivity index (χ1v) is 19.7. The summed E-state index contributed by atoms with van der Waals surface area (Å²) in [4.78, 5) is 0. The first-order valence-electron chi connectivity index (χ1n) is 18.1. The Hall–Kier alpha value is -0.200. The maximum Gasteiger partial charge on any atom is 0.267 e. The first kappa shape index (κ1) is 42.9. The van der Waals surface area contributed by atoms with Gasteiger partial charge < -0.3 is 4.48 Å². The molecule has 0 aliphatic rings. The highest BCUT2D eigenvalue weighted by Gasteiger charge is 2.16. The van der Waals surface area contributed by atoms with Crippen molar-refractivity contribution in [1.29, 1.82) is 0 Å². The van der Waals surface area contributed by atoms with Crippen LogP contribution in [-0.2, 0) is 14.3 Å². The van der Waals surface area contributed by atoms with E-state index in [2.05, 4.69) is 34.6 Å². The van der Waals surface area contributed by atoms with Gasteiger partial charge in [0.2, 0.25) is 0 Å². The van der Waals surface area contributed by atoms with Gasteiger partial charge in [-0.1, -0.05) is 135 Å². The van der Waals surface area contributed by atoms with E-state index in [-0.39, 0.29) is 12.4 Å². The third-order valence-corrected chi connectivity index (χ3v) is 10.3. The van der Waals surface area contributed by atoms with Crippen molar-refractivity contribution in [1.82, 2.24) is 0 Å². The van der Waals surface area contributed by atoms with Crippen molar-refractivity contribution < 1.29 is 21.5 Å². The lowest BCUT2D eigenvalue weighted by Gasteiger charge is -2.34. The van der Waals surface area contributed by atoms with Gasteiger partial charge in [-0.2, -0.15) is 8.42 Å². The maximum absolute atomic E-state index is 12.0. The van der Waals surface area contributed by atoms with Gasteiger partial charge in [0, 0.05) is 0 Å². The van der Waals surface area contributed by atoms with Gasteiger partial charge >= 0.3 is 0 Å². The van der Waals surface area contributed by atoms with E-state index in [9.17, 15) is 12.8 Å². The molecule has 0 aliphatic heterocycles. The van der Waals surface area contributed by atoms with Crippen LogP contribution in [0, 0.1) is 0 Å². The van der Waals surface area contributed by atoms with E-state index >= 15 is 0 Å². The van der Waals surface area contributed by atoms with E-state index in [1.807, 2.05) is 0 Å². The Balaban J connectivity index is 0. The van der Waals surface area contributed by atoms with Gasteiger partial charge in [-0.3, -0.25) is 8.57 Å². The molecule has 0 bridgehead atoms. The molecule has 41 heavy (non-hydrogen) atoms. The molecule has 250 valence electrons. The minimum Gasteiger partial charge on any atom is -0.325 e. The van der Waals surface area contributed by atoms with Crippen LogP contribution in [0.4, 0.5) is 4.39 Å². The Morgan fingerprint density at radius 3 is 1.10 bits per heavy atom. The molecule has 6 heteroatoms. The van der Waals surface area contributed by atoms with Crippen LogP contribution < -0.4 is 0 Å². The smallest absolute Gasteiger partial charge is 0.267 e. The summed E-state index contributed by atoms with van der Waals surface area (Å²) in [6, 6.07) is 0. The maximum atomic E-state index is 12.0. The van der Waals surface area contributed by atoms with E-state index < -0.39 is 10.1 Å². The van der Waals surface area contributed by atoms with Gasteiger partial charge in [-0.15, -0.1) is 0 Å². The molecule has 4 nitrogen and oxygen atoms in total. The molecule has 0 aromatic rings. The highest BCUT2D eigenvalue weighted by atomic mass is 32.2. The summed E-state index contributed by atoms with van der Waals surface area (Å²) in [5.74, 6) is 0.135. The monoisotopic (exact) mass is 609 g/mol. The van der Waals surface area contributed by atoms with E-state index in [0.29, 0.717) is 19.4 Å². The fraction of sp³-hybridized carbons (Fsp3) is 1.00. The zero-order chi connectivity index (χ0) is 30.9. The molecule has 0 radical (unpaired) electrons. The summed E-state index contributed by atoms with van der Waals surface area (Å²) >= 11 is 0. The molecular weight excluding hydrogens is 533 g/mol. The van der Waals surface area contributed by atoms with Crippen molar-refractivity contribution in [3.8, 4) is 0 Å². The van der Waals surface area contributed by atoms with Crippen molar-refractivity contribution in [2.24, 2.45) is 0 Å². The van der Waals surface area contributed by atoms with Gasteiger partial charge in [0.05, 0.1) is 45.2 Å². The standard InChI is InChI=1S/C27H55FO3S.C8H20N/c1-2-3-4-5-6-7-8-9-10-11-12-13-14-17-20-23-26-31-32(29,30)27-24-21-18-15-16-19-22-25-28;1-5-9(6-2,7-3)8-4/h2-27H2,1H3;5-8H2,1-4H3/q;+1. The third-order valence-electron chi connectivity index (χ3n) is 8.97. The van der Waals surface area contributed by atoms with Gasteiger partial charge in [-0.05, 0) is 47.0 Å². The average Bonchev–Trinajstić information content (AvgIpc) is 2.98. The van der Waals surface area contributed by atoms with Crippen LogP contribution in [0.3, 0.4) is 0 Å². The van der Waals surface area contributed by atoms with Crippen molar-refractivity contribution in [2.45, 2.75) is 182 Å². The Morgan fingerprint density at radius 1 is 0.463 bits per heavy atom. The minimum absolute atomic E-state index is 0.135. The quantitative estimate of drug-likeness (QED) is 0.0447. The number of hydrogen-bond donors (Lipinski definition) is 0. The second kappa shape index (κ2) is 32.7. The lowest BCUT2D eigenvalue weighted by molar-refractivity contribution is -0.921. The van der Waals surface area contributed by atoms with Crippen LogP contribution in [0.5, 0.6) is 0 Å². The Morgan fingerprint density at radius 2 is 0.780 bits per heavy atom. The van der Waals surface area contributed by atoms with E-state index in [4.69, 9.17) is 4.18 Å². The number of nitrogens with zero attached hydrogens (tertiary/aromatic N) is 1. The molecule has 0 aromatic carbocycles. The molecule has 0 saturated heterocycles. The first-order chi connectivity index (χ1) is 19.9. The Labute approximate surface area is 258 Å². The largest absolute Gasteiger partial charge is 0.325 e. The average molecular weight is 609 g/mol. The molecule has 0 rings (SSSR count). The minimum atomic E-state index is -3.35. The van der Waals surface area contributed by atoms with Crippen LogP contribution in [0.15, 0.2) is 0 Å². The predicted octanol–water partition coefficient (Wildman–Crippen LogP) is 11.2. The number of quaternary nitrogens is 1. The Kier molecular flexibility index (Phi) is 34.2. The van der Waals surface area contributed by atoms with Gasteiger partial charge in [0.15, 0.2) is 0 Å². The number of alkyl halides is 1. The normalized spacial score (nSPS) is 12.0. The number of hydrogen-bond acceptors (Lipinski definition) is 3. The summed E-state index contributed by atoms with van der Waals surface area (Å²) in [6.07, 6.45) is 27.3. The Bertz CT molecular complexity index is 579. The molecule has 0 unspecified atom stereocenters. The summed E-state index contributed by atoms with van der Waals surface area (Å²) in [5.41, 5.74) is 0. The zero-order valence-corrected chi connectivity index (χ0v) is 29.5. The molecule has 0 heterocycles. The molecule has 0 N–H and O–H groups in total. The highest BCUT2D eigenvalue weighted by Crippen LogP contribution is 2.14. The molecule has 0 saturated carbocycles. The summed E-state index contributed by atoms with van der Waals surface area (Å²) in [5, 5.41) is 0. The molecule has 0 amide bonds. The number of halogens is 1. The van der Waals surface area contributed by atoms with Crippen LogP contribution in [0.25, 0.3) is 0 Å². The van der Waals surface area contributed by atoms with Crippen LogP contribution in [-0.4, -0.2) is 58.1 Å². The highest BCUT2D eigenvalue weighted by molar-refractivity contribution is 7.86. The molecule has 0 fully saturated rings. The number of rotatable bonds is 31. The SMILES string of the molecule is CCCCCCCCCCCCCCCCCCOS(=O)(=O)CCCCCCCCCF.CC[N+](CC)(CC)CC. The lowest BCUT2D eigenvalue weighted by atomic mass is 10.0. The van der Waals surface area contributed by atoms with Crippen molar-refractivity contribution >= 4 is 10.1 Å². The molecule has 0 atom stereocenters. The van der Waals surface area contributed by atoms with Crippen LogP contribution in [0.1, 0.15) is 182 Å². The molecule has 0 spiro atoms. The van der Waals surface area contributed by atoms with Gasteiger partial charge in [0.25, 0.3) is 10.1 Å². The van der Waals surface area contributed by atoms with Gasteiger partial charge in [0.1, 0.15) is 0 Å². The molecule has 0 aromatic heterocycles. The summed E-state index contributed by atoms with van der Waals surface area (Å²) < 4.78 is 42.2. The molecular formula is C35H75FNO3S+.